The summed E-state index contributed by atoms with van der Waals surface area (Å²) in [7, 11) is 0. The number of nitrogens with one attached hydrogen (secondary N) is 2. The Balaban J connectivity index is 2.01. The van der Waals surface area contributed by atoms with E-state index >= 15 is 0 Å². The van der Waals surface area contributed by atoms with Gasteiger partial charge in [-0.1, -0.05) is 18.2 Å². The first-order valence-electron chi connectivity index (χ1n) is 9.34. The smallest absolute Gasteiger partial charge is 0.251 e. The third kappa shape index (κ3) is 6.22. The van der Waals surface area contributed by atoms with Gasteiger partial charge in [-0.3, -0.25) is 14.5 Å². The topological polar surface area (TPSA) is 85.2 Å². The monoisotopic (exact) mass is 378 g/mol. The third-order valence-electron chi connectivity index (χ3n) is 4.29. The molecule has 0 aliphatic carbocycles. The van der Waals surface area contributed by atoms with Crippen LogP contribution in [0.15, 0.2) is 48.5 Å². The number of amides is 2. The molecule has 0 unspecified atom stereocenters. The lowest BCUT2D eigenvalue weighted by molar-refractivity contribution is -0.117. The van der Waals surface area contributed by atoms with E-state index in [0.29, 0.717) is 29.9 Å². The molecule has 0 heterocycles. The molecule has 0 aliphatic rings. The molecular formula is C22H26N4O2. The molecule has 0 fully saturated rings. The molecule has 0 atom stereocenters. The number of hydrogen-bond acceptors (Lipinski definition) is 4. The molecule has 2 aromatic rings. The van der Waals surface area contributed by atoms with Crippen molar-refractivity contribution in [3.63, 3.8) is 0 Å². The van der Waals surface area contributed by atoms with Crippen molar-refractivity contribution in [2.24, 2.45) is 0 Å². The first kappa shape index (κ1) is 21.1. The maximum Gasteiger partial charge on any atom is 0.251 e. The number of benzene rings is 2. The van der Waals surface area contributed by atoms with Gasteiger partial charge in [-0.15, -0.1) is 0 Å². The van der Waals surface area contributed by atoms with Gasteiger partial charge in [0.1, 0.15) is 0 Å². The number of anilines is 1. The van der Waals surface area contributed by atoms with Crippen LogP contribution in [0, 0.1) is 11.3 Å². The largest absolute Gasteiger partial charge is 0.352 e. The second-order valence-corrected chi connectivity index (χ2v) is 6.80. The van der Waals surface area contributed by atoms with Crippen LogP contribution in [-0.2, 0) is 11.3 Å². The van der Waals surface area contributed by atoms with Crippen molar-refractivity contribution < 1.29 is 9.59 Å². The molecule has 2 N–H and O–H groups in total. The minimum atomic E-state index is -0.164. The van der Waals surface area contributed by atoms with E-state index in [0.717, 1.165) is 5.56 Å². The van der Waals surface area contributed by atoms with Gasteiger partial charge in [-0.05, 0) is 56.7 Å². The van der Waals surface area contributed by atoms with Gasteiger partial charge >= 0.3 is 0 Å². The number of carbonyl (C=O) groups excluding carboxylic acids is 2. The standard InChI is InChI=1S/C22H26N4O2/c1-4-24-22(28)19-6-5-7-20(12-19)25-21(27)15-26(16(2)3)14-18-10-8-17(13-23)9-11-18/h5-12,16H,4,14-15H2,1-3H3,(H,24,28)(H,25,27). The normalized spacial score (nSPS) is 10.6. The van der Waals surface area contributed by atoms with Gasteiger partial charge in [0.15, 0.2) is 0 Å². The second kappa shape index (κ2) is 10.2. The minimum Gasteiger partial charge on any atom is -0.352 e. The van der Waals surface area contributed by atoms with E-state index in [1.807, 2.05) is 37.8 Å². The molecule has 146 valence electrons. The average Bonchev–Trinajstić information content (AvgIpc) is 2.68. The van der Waals surface area contributed by atoms with E-state index < -0.39 is 0 Å². The van der Waals surface area contributed by atoms with Crippen molar-refractivity contribution in [1.29, 1.82) is 5.26 Å². The highest BCUT2D eigenvalue weighted by Crippen LogP contribution is 2.13. The number of carbonyl (C=O) groups is 2. The van der Waals surface area contributed by atoms with Crippen LogP contribution in [0.2, 0.25) is 0 Å². The predicted molar refractivity (Wildman–Crippen MR) is 110 cm³/mol. The first-order chi connectivity index (χ1) is 13.4. The van der Waals surface area contributed by atoms with Gasteiger partial charge in [-0.25, -0.2) is 0 Å². The van der Waals surface area contributed by atoms with Crippen molar-refractivity contribution in [1.82, 2.24) is 10.2 Å². The Morgan fingerprint density at radius 1 is 1.14 bits per heavy atom. The predicted octanol–water partition coefficient (Wildman–Crippen LogP) is 3.16. The molecule has 0 saturated heterocycles. The Labute approximate surface area is 166 Å². The lowest BCUT2D eigenvalue weighted by Crippen LogP contribution is -2.37. The molecule has 28 heavy (non-hydrogen) atoms. The lowest BCUT2D eigenvalue weighted by Gasteiger charge is -2.26. The van der Waals surface area contributed by atoms with Crippen LogP contribution in [0.25, 0.3) is 0 Å². The van der Waals surface area contributed by atoms with Crippen molar-refractivity contribution in [2.45, 2.75) is 33.4 Å². The number of rotatable bonds is 8. The van der Waals surface area contributed by atoms with E-state index in [9.17, 15) is 9.59 Å². The van der Waals surface area contributed by atoms with Gasteiger partial charge in [0.2, 0.25) is 5.91 Å². The summed E-state index contributed by atoms with van der Waals surface area (Å²) in [6.07, 6.45) is 0. The maximum atomic E-state index is 12.5. The van der Waals surface area contributed by atoms with E-state index in [-0.39, 0.29) is 24.4 Å². The zero-order valence-corrected chi connectivity index (χ0v) is 16.5. The van der Waals surface area contributed by atoms with Crippen molar-refractivity contribution in [3.8, 4) is 6.07 Å². The van der Waals surface area contributed by atoms with Crippen LogP contribution in [0.1, 0.15) is 42.3 Å². The number of nitriles is 1. The summed E-state index contributed by atoms with van der Waals surface area (Å²) in [5.41, 5.74) is 2.76. The van der Waals surface area contributed by atoms with Gasteiger partial charge in [-0.2, -0.15) is 5.26 Å². The van der Waals surface area contributed by atoms with E-state index in [2.05, 4.69) is 16.7 Å². The highest BCUT2D eigenvalue weighted by Gasteiger charge is 2.15. The summed E-state index contributed by atoms with van der Waals surface area (Å²) in [6, 6.07) is 16.5. The SMILES string of the molecule is CCNC(=O)c1cccc(NC(=O)CN(Cc2ccc(C#N)cc2)C(C)C)c1. The molecule has 6 nitrogen and oxygen atoms in total. The van der Waals surface area contributed by atoms with Crippen LogP contribution in [0.5, 0.6) is 0 Å². The molecule has 0 saturated carbocycles. The Morgan fingerprint density at radius 3 is 2.46 bits per heavy atom. The number of nitrogens with zero attached hydrogens (tertiary/aromatic N) is 2. The molecule has 2 rings (SSSR count). The summed E-state index contributed by atoms with van der Waals surface area (Å²) in [4.78, 5) is 26.5. The zero-order chi connectivity index (χ0) is 20.5. The molecule has 2 aromatic carbocycles. The minimum absolute atomic E-state index is 0.143. The Hall–Kier alpha value is -3.17. The summed E-state index contributed by atoms with van der Waals surface area (Å²) in [5, 5.41) is 14.5. The molecule has 0 bridgehead atoms. The lowest BCUT2D eigenvalue weighted by atomic mass is 10.1. The molecule has 6 heteroatoms. The highest BCUT2D eigenvalue weighted by atomic mass is 16.2. The first-order valence-corrected chi connectivity index (χ1v) is 9.34. The van der Waals surface area contributed by atoms with Crippen molar-refractivity contribution in [2.75, 3.05) is 18.4 Å². The van der Waals surface area contributed by atoms with Crippen LogP contribution < -0.4 is 10.6 Å². The van der Waals surface area contributed by atoms with Gasteiger partial charge in [0, 0.05) is 30.4 Å². The fraction of sp³-hybridized carbons (Fsp3) is 0.318. The molecule has 0 aromatic heterocycles. The van der Waals surface area contributed by atoms with Crippen LogP contribution in [-0.4, -0.2) is 35.8 Å². The fourth-order valence-electron chi connectivity index (χ4n) is 2.73. The Kier molecular flexibility index (Phi) is 7.73. The second-order valence-electron chi connectivity index (χ2n) is 6.80. The Morgan fingerprint density at radius 2 is 1.86 bits per heavy atom. The zero-order valence-electron chi connectivity index (χ0n) is 16.5. The third-order valence-corrected chi connectivity index (χ3v) is 4.29. The van der Waals surface area contributed by atoms with Crippen molar-refractivity contribution >= 4 is 17.5 Å². The molecular weight excluding hydrogens is 352 g/mol. The Bertz CT molecular complexity index is 854. The summed E-state index contributed by atoms with van der Waals surface area (Å²) >= 11 is 0. The van der Waals surface area contributed by atoms with E-state index in [4.69, 9.17) is 5.26 Å². The highest BCUT2D eigenvalue weighted by molar-refractivity contribution is 5.97. The van der Waals surface area contributed by atoms with Crippen LogP contribution in [0.4, 0.5) is 5.69 Å². The molecule has 0 aliphatic heterocycles. The maximum absolute atomic E-state index is 12.5. The quantitative estimate of drug-likeness (QED) is 0.739. The van der Waals surface area contributed by atoms with E-state index in [1.54, 1.807) is 36.4 Å². The summed E-state index contributed by atoms with van der Waals surface area (Å²) < 4.78 is 0. The fourth-order valence-corrected chi connectivity index (χ4v) is 2.73. The summed E-state index contributed by atoms with van der Waals surface area (Å²) in [6.45, 7) is 7.31. The van der Waals surface area contributed by atoms with Crippen molar-refractivity contribution in [3.05, 3.63) is 65.2 Å². The average molecular weight is 378 g/mol. The molecule has 0 radical (unpaired) electrons. The number of hydrogen-bond donors (Lipinski definition) is 2. The van der Waals surface area contributed by atoms with Crippen LogP contribution >= 0.6 is 0 Å². The van der Waals surface area contributed by atoms with Gasteiger partial charge in [0.25, 0.3) is 5.91 Å². The molecule has 0 spiro atoms. The molecule has 2 amide bonds. The summed E-state index contributed by atoms with van der Waals surface area (Å²) in [5.74, 6) is -0.307. The van der Waals surface area contributed by atoms with Crippen LogP contribution in [0.3, 0.4) is 0 Å². The van der Waals surface area contributed by atoms with Gasteiger partial charge < -0.3 is 10.6 Å². The van der Waals surface area contributed by atoms with E-state index in [1.165, 1.54) is 0 Å². The van der Waals surface area contributed by atoms with Gasteiger partial charge in [0.05, 0.1) is 18.2 Å².